The van der Waals surface area contributed by atoms with Gasteiger partial charge in [-0.05, 0) is 57.2 Å². The van der Waals surface area contributed by atoms with Gasteiger partial charge in [-0.25, -0.2) is 0 Å². The second-order valence-corrected chi connectivity index (χ2v) is 5.62. The minimum atomic E-state index is 0.870. The summed E-state index contributed by atoms with van der Waals surface area (Å²) >= 11 is 3.58. The molecular formula is C12H24BrN. The normalized spacial score (nSPS) is 20.6. The summed E-state index contributed by atoms with van der Waals surface area (Å²) in [6.07, 6.45) is 5.56. The van der Waals surface area contributed by atoms with E-state index in [0.29, 0.717) is 0 Å². The van der Waals surface area contributed by atoms with Crippen molar-refractivity contribution in [3.8, 4) is 0 Å². The molecule has 0 saturated carbocycles. The van der Waals surface area contributed by atoms with Crippen LogP contribution in [0.15, 0.2) is 0 Å². The maximum atomic E-state index is 3.58. The second-order valence-electron chi connectivity index (χ2n) is 4.98. The molecule has 0 aromatic carbocycles. The Morgan fingerprint density at radius 3 is 2.43 bits per heavy atom. The van der Waals surface area contributed by atoms with E-state index in [4.69, 9.17) is 0 Å². The average molecular weight is 262 g/mol. The van der Waals surface area contributed by atoms with Crippen LogP contribution in [0.4, 0.5) is 0 Å². The Labute approximate surface area is 97.4 Å². The average Bonchev–Trinajstić information content (AvgIpc) is 2.18. The summed E-state index contributed by atoms with van der Waals surface area (Å²) in [7, 11) is 0. The van der Waals surface area contributed by atoms with Crippen LogP contribution < -0.4 is 0 Å². The van der Waals surface area contributed by atoms with Crippen molar-refractivity contribution >= 4 is 15.9 Å². The van der Waals surface area contributed by atoms with Gasteiger partial charge in [0.15, 0.2) is 0 Å². The first-order valence-corrected chi connectivity index (χ1v) is 7.13. The van der Waals surface area contributed by atoms with Crippen LogP contribution in [0.5, 0.6) is 0 Å². The van der Waals surface area contributed by atoms with Gasteiger partial charge in [0.25, 0.3) is 0 Å². The van der Waals surface area contributed by atoms with Crippen molar-refractivity contribution in [3.05, 3.63) is 0 Å². The molecule has 1 heterocycles. The number of hydrogen-bond acceptors (Lipinski definition) is 1. The molecule has 0 amide bonds. The van der Waals surface area contributed by atoms with Crippen molar-refractivity contribution in [2.24, 2.45) is 11.8 Å². The van der Waals surface area contributed by atoms with E-state index in [0.717, 1.165) is 11.8 Å². The monoisotopic (exact) mass is 261 g/mol. The quantitative estimate of drug-likeness (QED) is 0.685. The van der Waals surface area contributed by atoms with E-state index >= 15 is 0 Å². The third-order valence-corrected chi connectivity index (χ3v) is 4.10. The predicted octanol–water partition coefficient (Wildman–Crippen LogP) is 3.53. The number of hydrogen-bond donors (Lipinski definition) is 0. The largest absolute Gasteiger partial charge is 0.303 e. The highest BCUT2D eigenvalue weighted by atomic mass is 79.9. The summed E-state index contributed by atoms with van der Waals surface area (Å²) in [6.45, 7) is 8.62. The van der Waals surface area contributed by atoms with E-state index in [9.17, 15) is 0 Å². The number of nitrogens with zero attached hydrogens (tertiary/aromatic N) is 1. The van der Waals surface area contributed by atoms with Gasteiger partial charge < -0.3 is 4.90 Å². The molecule has 1 aliphatic heterocycles. The van der Waals surface area contributed by atoms with E-state index in [1.165, 1.54) is 50.6 Å². The molecule has 1 saturated heterocycles. The van der Waals surface area contributed by atoms with Crippen LogP contribution in [-0.4, -0.2) is 29.9 Å². The molecule has 0 radical (unpaired) electrons. The highest BCUT2D eigenvalue weighted by Gasteiger charge is 2.17. The zero-order valence-corrected chi connectivity index (χ0v) is 11.2. The highest BCUT2D eigenvalue weighted by Crippen LogP contribution is 2.19. The van der Waals surface area contributed by atoms with Gasteiger partial charge >= 0.3 is 0 Å². The zero-order valence-electron chi connectivity index (χ0n) is 9.64. The Bertz CT molecular complexity index is 139. The molecule has 1 rings (SSSR count). The molecule has 1 aliphatic rings. The molecular weight excluding hydrogens is 238 g/mol. The van der Waals surface area contributed by atoms with Crippen molar-refractivity contribution in [3.63, 3.8) is 0 Å². The Kier molecular flexibility index (Phi) is 6.11. The van der Waals surface area contributed by atoms with E-state index in [1.807, 2.05) is 0 Å². The first-order valence-electron chi connectivity index (χ1n) is 6.00. The van der Waals surface area contributed by atoms with Crippen molar-refractivity contribution < 1.29 is 0 Å². The molecule has 0 spiro atoms. The Balaban J connectivity index is 2.04. The third-order valence-electron chi connectivity index (χ3n) is 3.18. The maximum Gasteiger partial charge on any atom is 0.00606 e. The number of halogens is 1. The van der Waals surface area contributed by atoms with E-state index in [-0.39, 0.29) is 0 Å². The summed E-state index contributed by atoms with van der Waals surface area (Å²) < 4.78 is 0. The first kappa shape index (κ1) is 12.5. The number of alkyl halides is 1. The van der Waals surface area contributed by atoms with Crippen molar-refractivity contribution in [1.82, 2.24) is 4.90 Å². The minimum Gasteiger partial charge on any atom is -0.303 e. The van der Waals surface area contributed by atoms with Crippen molar-refractivity contribution in [1.29, 1.82) is 0 Å². The van der Waals surface area contributed by atoms with Gasteiger partial charge in [-0.15, -0.1) is 0 Å². The number of likely N-dealkylation sites (tertiary alicyclic amines) is 1. The van der Waals surface area contributed by atoms with Gasteiger partial charge in [-0.3, -0.25) is 0 Å². The van der Waals surface area contributed by atoms with Crippen LogP contribution in [0.3, 0.4) is 0 Å². The van der Waals surface area contributed by atoms with E-state index in [2.05, 4.69) is 34.7 Å². The van der Waals surface area contributed by atoms with E-state index < -0.39 is 0 Å². The van der Waals surface area contributed by atoms with Crippen molar-refractivity contribution in [2.45, 2.75) is 39.5 Å². The lowest BCUT2D eigenvalue weighted by molar-refractivity contribution is 0.189. The van der Waals surface area contributed by atoms with Gasteiger partial charge in [0.2, 0.25) is 0 Å². The highest BCUT2D eigenvalue weighted by molar-refractivity contribution is 9.09. The van der Waals surface area contributed by atoms with Crippen LogP contribution in [0.1, 0.15) is 39.5 Å². The summed E-state index contributed by atoms with van der Waals surface area (Å²) in [6, 6.07) is 0. The van der Waals surface area contributed by atoms with Crippen LogP contribution in [0.2, 0.25) is 0 Å². The minimum absolute atomic E-state index is 0.870. The predicted molar refractivity (Wildman–Crippen MR) is 67.0 cm³/mol. The summed E-state index contributed by atoms with van der Waals surface area (Å²) in [5, 5.41) is 1.20. The third kappa shape index (κ3) is 4.79. The first-order chi connectivity index (χ1) is 6.72. The van der Waals surface area contributed by atoms with Crippen LogP contribution >= 0.6 is 15.9 Å². The van der Waals surface area contributed by atoms with Gasteiger partial charge in [0.1, 0.15) is 0 Å². The van der Waals surface area contributed by atoms with Crippen LogP contribution in [0.25, 0.3) is 0 Å². The Hall–Kier alpha value is 0.440. The lowest BCUT2D eigenvalue weighted by atomic mass is 9.98. The molecule has 0 bridgehead atoms. The van der Waals surface area contributed by atoms with Gasteiger partial charge in [-0.2, -0.15) is 0 Å². The SMILES string of the molecule is CC(C)CCCN1CCC(CBr)CC1. The Morgan fingerprint density at radius 2 is 1.93 bits per heavy atom. The fourth-order valence-corrected chi connectivity index (χ4v) is 2.73. The van der Waals surface area contributed by atoms with Gasteiger partial charge in [0, 0.05) is 5.33 Å². The van der Waals surface area contributed by atoms with Crippen LogP contribution in [0, 0.1) is 11.8 Å². The second kappa shape index (κ2) is 6.84. The van der Waals surface area contributed by atoms with E-state index in [1.54, 1.807) is 0 Å². The molecule has 0 aliphatic carbocycles. The topological polar surface area (TPSA) is 3.24 Å². The van der Waals surface area contributed by atoms with Gasteiger partial charge in [-0.1, -0.05) is 29.8 Å². The standard InChI is InChI=1S/C12H24BrN/c1-11(2)4-3-7-14-8-5-12(10-13)6-9-14/h11-12H,3-10H2,1-2H3. The lowest BCUT2D eigenvalue weighted by Gasteiger charge is -2.31. The molecule has 0 N–H and O–H groups in total. The number of rotatable bonds is 5. The van der Waals surface area contributed by atoms with Gasteiger partial charge in [0.05, 0.1) is 0 Å². The fraction of sp³-hybridized carbons (Fsp3) is 1.00. The molecule has 14 heavy (non-hydrogen) atoms. The molecule has 1 fully saturated rings. The zero-order chi connectivity index (χ0) is 10.4. The molecule has 0 atom stereocenters. The van der Waals surface area contributed by atoms with Crippen LogP contribution in [-0.2, 0) is 0 Å². The summed E-state index contributed by atoms with van der Waals surface area (Å²) in [5.41, 5.74) is 0. The lowest BCUT2D eigenvalue weighted by Crippen LogP contribution is -2.34. The molecule has 2 heteroatoms. The maximum absolute atomic E-state index is 3.58. The molecule has 1 nitrogen and oxygen atoms in total. The smallest absolute Gasteiger partial charge is 0.00606 e. The van der Waals surface area contributed by atoms with Crippen molar-refractivity contribution in [2.75, 3.05) is 25.0 Å². The fourth-order valence-electron chi connectivity index (χ4n) is 2.09. The summed E-state index contributed by atoms with van der Waals surface area (Å²) in [4.78, 5) is 2.64. The molecule has 0 unspecified atom stereocenters. The Morgan fingerprint density at radius 1 is 1.29 bits per heavy atom. The molecule has 0 aromatic rings. The number of piperidine rings is 1. The molecule has 0 aromatic heterocycles. The summed E-state index contributed by atoms with van der Waals surface area (Å²) in [5.74, 6) is 1.81. The molecule has 84 valence electrons.